The Hall–Kier alpha value is -4.70. The SMILES string of the molecule is Cc1cc(NS(=O)(=O)c2ccc(N=Cc3c(O)n(-c4ccc(C)c(C)c4)c(=O)c4ccccc34)cc2)on1. The van der Waals surface area contributed by atoms with Crippen molar-refractivity contribution in [1.82, 2.24) is 9.72 Å². The number of rotatable bonds is 6. The second-order valence-corrected chi connectivity index (χ2v) is 10.6. The third kappa shape index (κ3) is 4.69. The van der Waals surface area contributed by atoms with Crippen molar-refractivity contribution in [3.05, 3.63) is 106 Å². The van der Waals surface area contributed by atoms with E-state index in [4.69, 9.17) is 4.52 Å². The number of hydrogen-bond acceptors (Lipinski definition) is 7. The molecule has 0 aliphatic carbocycles. The minimum Gasteiger partial charge on any atom is -0.494 e. The monoisotopic (exact) mass is 528 g/mol. The first-order valence-corrected chi connectivity index (χ1v) is 13.2. The predicted molar refractivity (Wildman–Crippen MR) is 146 cm³/mol. The Balaban J connectivity index is 1.53. The van der Waals surface area contributed by atoms with E-state index in [9.17, 15) is 18.3 Å². The van der Waals surface area contributed by atoms with E-state index in [1.165, 1.54) is 41.1 Å². The summed E-state index contributed by atoms with van der Waals surface area (Å²) in [4.78, 5) is 17.8. The molecule has 0 fully saturated rings. The van der Waals surface area contributed by atoms with E-state index in [0.717, 1.165) is 11.1 Å². The van der Waals surface area contributed by atoms with Crippen molar-refractivity contribution in [2.24, 2.45) is 4.99 Å². The maximum atomic E-state index is 13.3. The van der Waals surface area contributed by atoms with Crippen molar-refractivity contribution in [2.45, 2.75) is 25.7 Å². The number of aromatic nitrogens is 2. The summed E-state index contributed by atoms with van der Waals surface area (Å²) in [6.45, 7) is 5.60. The Morgan fingerprint density at radius 2 is 1.66 bits per heavy atom. The lowest BCUT2D eigenvalue weighted by molar-refractivity contribution is 0.430. The lowest BCUT2D eigenvalue weighted by Gasteiger charge is -2.14. The number of aromatic hydroxyl groups is 1. The van der Waals surface area contributed by atoms with E-state index in [0.29, 0.717) is 33.4 Å². The van der Waals surface area contributed by atoms with Crippen LogP contribution in [0.25, 0.3) is 16.5 Å². The molecule has 5 rings (SSSR count). The van der Waals surface area contributed by atoms with E-state index >= 15 is 0 Å². The van der Waals surface area contributed by atoms with E-state index in [1.807, 2.05) is 26.0 Å². The third-order valence-corrected chi connectivity index (χ3v) is 7.57. The second-order valence-electron chi connectivity index (χ2n) is 8.88. The highest BCUT2D eigenvalue weighted by Crippen LogP contribution is 2.28. The largest absolute Gasteiger partial charge is 0.494 e. The summed E-state index contributed by atoms with van der Waals surface area (Å²) in [6, 6.07) is 19.9. The number of fused-ring (bicyclic) bond motifs is 1. The average Bonchev–Trinajstić information content (AvgIpc) is 3.30. The van der Waals surface area contributed by atoms with Crippen LogP contribution in [0.1, 0.15) is 22.4 Å². The fourth-order valence-corrected chi connectivity index (χ4v) is 5.02. The van der Waals surface area contributed by atoms with Crippen LogP contribution in [0.4, 0.5) is 11.6 Å². The van der Waals surface area contributed by atoms with Crippen LogP contribution in [0.5, 0.6) is 5.88 Å². The van der Waals surface area contributed by atoms with Gasteiger partial charge in [-0.1, -0.05) is 29.4 Å². The molecule has 0 saturated heterocycles. The standard InChI is InChI=1S/C28H24N4O5S/c1-17-8-11-21(14-18(17)2)32-27(33)24-7-5-4-6-23(24)25(28(32)34)16-29-20-9-12-22(13-10-20)38(35,36)31-26-15-19(3)30-37-26/h4-16,31,34H,1-3H3. The Bertz CT molecular complexity index is 1870. The summed E-state index contributed by atoms with van der Waals surface area (Å²) in [7, 11) is -3.88. The lowest BCUT2D eigenvalue weighted by Crippen LogP contribution is -2.20. The smallest absolute Gasteiger partial charge is 0.265 e. The maximum Gasteiger partial charge on any atom is 0.265 e. The van der Waals surface area contributed by atoms with Gasteiger partial charge in [0.1, 0.15) is 0 Å². The number of hydrogen-bond donors (Lipinski definition) is 2. The summed E-state index contributed by atoms with van der Waals surface area (Å²) in [5.74, 6) is -0.225. The van der Waals surface area contributed by atoms with Crippen molar-refractivity contribution in [3.63, 3.8) is 0 Å². The van der Waals surface area contributed by atoms with Crippen molar-refractivity contribution >= 4 is 38.6 Å². The average molecular weight is 529 g/mol. The molecule has 0 amide bonds. The highest BCUT2D eigenvalue weighted by molar-refractivity contribution is 7.92. The molecule has 9 nitrogen and oxygen atoms in total. The van der Waals surface area contributed by atoms with Gasteiger partial charge in [-0.3, -0.25) is 9.79 Å². The molecule has 5 aromatic rings. The van der Waals surface area contributed by atoms with Crippen LogP contribution in [0.2, 0.25) is 0 Å². The molecule has 0 saturated carbocycles. The Labute approximate surface area is 218 Å². The normalized spacial score (nSPS) is 11.9. The number of nitrogens with one attached hydrogen (secondary N) is 1. The van der Waals surface area contributed by atoms with Crippen LogP contribution in [-0.4, -0.2) is 29.5 Å². The van der Waals surface area contributed by atoms with E-state index in [1.54, 1.807) is 37.3 Å². The number of aryl methyl sites for hydroxylation is 3. The first kappa shape index (κ1) is 25.0. The van der Waals surface area contributed by atoms with Crippen molar-refractivity contribution in [1.29, 1.82) is 0 Å². The van der Waals surface area contributed by atoms with Crippen molar-refractivity contribution < 1.29 is 18.0 Å². The van der Waals surface area contributed by atoms with E-state index < -0.39 is 10.0 Å². The highest BCUT2D eigenvalue weighted by Gasteiger charge is 2.18. The van der Waals surface area contributed by atoms with Gasteiger partial charge in [-0.2, -0.15) is 0 Å². The fraction of sp³-hybridized carbons (Fsp3) is 0.107. The number of sulfonamides is 1. The molecule has 0 radical (unpaired) electrons. The summed E-state index contributed by atoms with van der Waals surface area (Å²) in [6.07, 6.45) is 1.47. The van der Waals surface area contributed by atoms with Crippen molar-refractivity contribution in [3.8, 4) is 11.6 Å². The molecule has 38 heavy (non-hydrogen) atoms. The van der Waals surface area contributed by atoms with Crippen LogP contribution in [0.3, 0.4) is 0 Å². The Morgan fingerprint density at radius 1 is 0.947 bits per heavy atom. The van der Waals surface area contributed by atoms with Gasteiger partial charge in [0.2, 0.25) is 11.8 Å². The van der Waals surface area contributed by atoms with Gasteiger partial charge >= 0.3 is 0 Å². The van der Waals surface area contributed by atoms with Gasteiger partial charge in [0.05, 0.1) is 27.5 Å². The van der Waals surface area contributed by atoms with Crippen LogP contribution in [0, 0.1) is 20.8 Å². The first-order chi connectivity index (χ1) is 18.1. The molecule has 2 aromatic heterocycles. The fourth-order valence-electron chi connectivity index (χ4n) is 4.05. The van der Waals surface area contributed by atoms with Gasteiger partial charge in [-0.25, -0.2) is 17.7 Å². The second kappa shape index (κ2) is 9.64. The molecule has 0 aliphatic rings. The van der Waals surface area contributed by atoms with Gasteiger partial charge in [-0.05, 0) is 74.4 Å². The molecule has 0 unspecified atom stereocenters. The third-order valence-electron chi connectivity index (χ3n) is 6.20. The number of aliphatic imine (C=N–C) groups is 1. The molecule has 192 valence electrons. The Kier molecular flexibility index (Phi) is 6.33. The zero-order valence-electron chi connectivity index (χ0n) is 20.8. The Morgan fingerprint density at radius 3 is 2.32 bits per heavy atom. The van der Waals surface area contributed by atoms with Crippen LogP contribution in [0.15, 0.2) is 92.0 Å². The molecule has 2 heterocycles. The zero-order chi connectivity index (χ0) is 27.0. The minimum atomic E-state index is -3.88. The topological polar surface area (TPSA) is 127 Å². The molecule has 0 atom stereocenters. The zero-order valence-corrected chi connectivity index (χ0v) is 21.7. The first-order valence-electron chi connectivity index (χ1n) is 11.7. The molecular weight excluding hydrogens is 504 g/mol. The maximum absolute atomic E-state index is 13.3. The summed E-state index contributed by atoms with van der Waals surface area (Å²) in [5.41, 5.74) is 3.61. The number of nitrogens with zero attached hydrogens (tertiary/aromatic N) is 3. The predicted octanol–water partition coefficient (Wildman–Crippen LogP) is 5.16. The van der Waals surface area contributed by atoms with Gasteiger partial charge in [0.25, 0.3) is 15.6 Å². The van der Waals surface area contributed by atoms with Gasteiger partial charge in [0.15, 0.2) is 0 Å². The van der Waals surface area contributed by atoms with Gasteiger partial charge < -0.3 is 9.63 Å². The molecule has 10 heteroatoms. The lowest BCUT2D eigenvalue weighted by atomic mass is 10.1. The molecule has 3 aromatic carbocycles. The van der Waals surface area contributed by atoms with E-state index in [-0.39, 0.29) is 22.2 Å². The molecule has 0 bridgehead atoms. The van der Waals surface area contributed by atoms with Crippen LogP contribution in [-0.2, 0) is 10.0 Å². The molecule has 0 aliphatic heterocycles. The summed E-state index contributed by atoms with van der Waals surface area (Å²) >= 11 is 0. The minimum absolute atomic E-state index is 0.0158. The van der Waals surface area contributed by atoms with E-state index in [2.05, 4.69) is 14.9 Å². The molecular formula is C28H24N4O5S. The van der Waals surface area contributed by atoms with Crippen molar-refractivity contribution in [2.75, 3.05) is 4.72 Å². The number of anilines is 1. The highest BCUT2D eigenvalue weighted by atomic mass is 32.2. The van der Waals surface area contributed by atoms with Gasteiger partial charge in [-0.15, -0.1) is 0 Å². The molecule has 0 spiro atoms. The number of benzene rings is 3. The van der Waals surface area contributed by atoms with Crippen LogP contribution < -0.4 is 10.3 Å². The summed E-state index contributed by atoms with van der Waals surface area (Å²) in [5, 5.41) is 15.9. The van der Waals surface area contributed by atoms with Gasteiger partial charge in [0, 0.05) is 23.1 Å². The summed E-state index contributed by atoms with van der Waals surface area (Å²) < 4.78 is 33.8. The molecule has 2 N–H and O–H groups in total. The number of pyridine rings is 1. The quantitative estimate of drug-likeness (QED) is 0.293. The van der Waals surface area contributed by atoms with Crippen LogP contribution >= 0.6 is 0 Å².